The van der Waals surface area contributed by atoms with Gasteiger partial charge in [0, 0.05) is 11.4 Å². The fraction of sp³-hybridized carbons (Fsp3) is 0.214. The molecule has 1 heterocycles. The van der Waals surface area contributed by atoms with Gasteiger partial charge in [0.25, 0.3) is 0 Å². The Kier molecular flexibility index (Phi) is 5.11. The standard InChI is InChI=1S/C14H15NO4S2/c16-13(17)10-12-6-7-14(20-12)21(18,19)15-9-8-11-4-2-1-3-5-11/h1-7,15H,8-10H2,(H,16,17). The van der Waals surface area contributed by atoms with Gasteiger partial charge in [-0.25, -0.2) is 13.1 Å². The number of thiophene rings is 1. The van der Waals surface area contributed by atoms with Crippen LogP contribution in [0.3, 0.4) is 0 Å². The third-order valence-electron chi connectivity index (χ3n) is 2.78. The maximum absolute atomic E-state index is 12.1. The lowest BCUT2D eigenvalue weighted by atomic mass is 10.2. The van der Waals surface area contributed by atoms with Crippen molar-refractivity contribution in [3.8, 4) is 0 Å². The second kappa shape index (κ2) is 6.84. The Balaban J connectivity index is 1.95. The number of carboxylic acid groups (broad SMARTS) is 1. The highest BCUT2D eigenvalue weighted by Crippen LogP contribution is 2.21. The third-order valence-corrected chi connectivity index (χ3v) is 5.81. The van der Waals surface area contributed by atoms with Crippen LogP contribution in [0.25, 0.3) is 0 Å². The first kappa shape index (κ1) is 15.7. The molecule has 0 unspecified atom stereocenters. The van der Waals surface area contributed by atoms with Crippen molar-refractivity contribution in [3.63, 3.8) is 0 Å². The van der Waals surface area contributed by atoms with E-state index in [-0.39, 0.29) is 10.6 Å². The summed E-state index contributed by atoms with van der Waals surface area (Å²) in [7, 11) is -3.57. The van der Waals surface area contributed by atoms with Gasteiger partial charge in [-0.2, -0.15) is 0 Å². The van der Waals surface area contributed by atoms with E-state index in [9.17, 15) is 13.2 Å². The summed E-state index contributed by atoms with van der Waals surface area (Å²) in [6.45, 7) is 0.304. The molecule has 2 N–H and O–H groups in total. The molecule has 2 aromatic rings. The third kappa shape index (κ3) is 4.66. The molecule has 1 aromatic heterocycles. The van der Waals surface area contributed by atoms with E-state index in [1.807, 2.05) is 30.3 Å². The lowest BCUT2D eigenvalue weighted by Gasteiger charge is -2.04. The molecule has 0 saturated carbocycles. The maximum atomic E-state index is 12.1. The normalized spacial score (nSPS) is 11.4. The zero-order valence-corrected chi connectivity index (χ0v) is 12.8. The number of sulfonamides is 1. The van der Waals surface area contributed by atoms with Crippen LogP contribution >= 0.6 is 11.3 Å². The van der Waals surface area contributed by atoms with Crippen molar-refractivity contribution in [2.75, 3.05) is 6.54 Å². The predicted molar refractivity (Wildman–Crippen MR) is 81.0 cm³/mol. The molecule has 5 nitrogen and oxygen atoms in total. The van der Waals surface area contributed by atoms with Crippen molar-refractivity contribution in [3.05, 3.63) is 52.9 Å². The van der Waals surface area contributed by atoms with Gasteiger partial charge in [0.05, 0.1) is 6.42 Å². The molecule has 0 fully saturated rings. The van der Waals surface area contributed by atoms with Crippen molar-refractivity contribution >= 4 is 27.3 Å². The molecule has 1 aromatic carbocycles. The van der Waals surface area contributed by atoms with E-state index in [1.54, 1.807) is 0 Å². The number of hydrogen-bond acceptors (Lipinski definition) is 4. The van der Waals surface area contributed by atoms with Gasteiger partial charge in [-0.3, -0.25) is 4.79 Å². The van der Waals surface area contributed by atoms with Gasteiger partial charge in [-0.05, 0) is 24.1 Å². The van der Waals surface area contributed by atoms with E-state index in [0.717, 1.165) is 16.9 Å². The molecule has 0 aliphatic rings. The summed E-state index contributed by atoms with van der Waals surface area (Å²) in [6.07, 6.45) is 0.442. The number of carbonyl (C=O) groups is 1. The summed E-state index contributed by atoms with van der Waals surface area (Å²) in [5.41, 5.74) is 1.05. The molecule has 21 heavy (non-hydrogen) atoms. The highest BCUT2D eigenvalue weighted by molar-refractivity contribution is 7.91. The Morgan fingerprint density at radius 2 is 1.86 bits per heavy atom. The van der Waals surface area contributed by atoms with Gasteiger partial charge in [-0.15, -0.1) is 11.3 Å². The number of rotatable bonds is 7. The van der Waals surface area contributed by atoms with E-state index in [1.165, 1.54) is 12.1 Å². The molecule has 0 bridgehead atoms. The van der Waals surface area contributed by atoms with E-state index >= 15 is 0 Å². The molecule has 0 saturated heterocycles. The Morgan fingerprint density at radius 3 is 2.52 bits per heavy atom. The summed E-state index contributed by atoms with van der Waals surface area (Å²) >= 11 is 0.983. The Hall–Kier alpha value is -1.70. The largest absolute Gasteiger partial charge is 0.481 e. The number of carboxylic acids is 1. The van der Waals surface area contributed by atoms with Gasteiger partial charge in [0.2, 0.25) is 10.0 Å². The topological polar surface area (TPSA) is 83.5 Å². The zero-order valence-electron chi connectivity index (χ0n) is 11.2. The van der Waals surface area contributed by atoms with Crippen LogP contribution in [-0.2, 0) is 27.7 Å². The van der Waals surface area contributed by atoms with Crippen molar-refractivity contribution in [1.82, 2.24) is 4.72 Å². The zero-order chi connectivity index (χ0) is 15.3. The van der Waals surface area contributed by atoms with Crippen LogP contribution in [0.2, 0.25) is 0 Å². The second-order valence-corrected chi connectivity index (χ2v) is 7.59. The first-order valence-electron chi connectivity index (χ1n) is 6.31. The lowest BCUT2D eigenvalue weighted by molar-refractivity contribution is -0.136. The van der Waals surface area contributed by atoms with Gasteiger partial charge in [-0.1, -0.05) is 30.3 Å². The molecular formula is C14H15NO4S2. The van der Waals surface area contributed by atoms with Crippen molar-refractivity contribution in [2.45, 2.75) is 17.1 Å². The maximum Gasteiger partial charge on any atom is 0.308 e. The molecule has 7 heteroatoms. The molecule has 0 aliphatic heterocycles. The van der Waals surface area contributed by atoms with Crippen LogP contribution in [0.5, 0.6) is 0 Å². The van der Waals surface area contributed by atoms with Gasteiger partial charge in [0.1, 0.15) is 4.21 Å². The Bertz CT molecular complexity index is 708. The average Bonchev–Trinajstić information content (AvgIpc) is 2.88. The van der Waals surface area contributed by atoms with Crippen LogP contribution in [0.1, 0.15) is 10.4 Å². The molecule has 2 rings (SSSR count). The van der Waals surface area contributed by atoms with E-state index in [4.69, 9.17) is 5.11 Å². The summed E-state index contributed by atoms with van der Waals surface area (Å²) in [4.78, 5) is 11.1. The van der Waals surface area contributed by atoms with Gasteiger partial charge >= 0.3 is 5.97 Å². The first-order chi connectivity index (χ1) is 9.97. The fourth-order valence-corrected chi connectivity index (χ4v) is 4.22. The minimum Gasteiger partial charge on any atom is -0.481 e. The Labute approximate surface area is 127 Å². The highest BCUT2D eigenvalue weighted by atomic mass is 32.2. The monoisotopic (exact) mass is 325 g/mol. The van der Waals surface area contributed by atoms with E-state index in [0.29, 0.717) is 17.8 Å². The molecule has 0 atom stereocenters. The van der Waals surface area contributed by atoms with Gasteiger partial charge in [0.15, 0.2) is 0 Å². The molecule has 0 spiro atoms. The number of benzene rings is 1. The smallest absolute Gasteiger partial charge is 0.308 e. The summed E-state index contributed by atoms with van der Waals surface area (Å²) in [6, 6.07) is 12.6. The molecule has 0 aliphatic carbocycles. The van der Waals surface area contributed by atoms with Crippen LogP contribution in [0, 0.1) is 0 Å². The van der Waals surface area contributed by atoms with Crippen LogP contribution < -0.4 is 4.72 Å². The molecule has 0 radical (unpaired) electrons. The van der Waals surface area contributed by atoms with Crippen LogP contribution in [0.15, 0.2) is 46.7 Å². The molecule has 112 valence electrons. The number of aliphatic carboxylic acids is 1. The fourth-order valence-electron chi connectivity index (χ4n) is 1.79. The quantitative estimate of drug-likeness (QED) is 0.814. The highest BCUT2D eigenvalue weighted by Gasteiger charge is 2.17. The first-order valence-corrected chi connectivity index (χ1v) is 8.61. The summed E-state index contributed by atoms with van der Waals surface area (Å²) in [5, 5.41) is 8.69. The predicted octanol–water partition coefficient (Wildman–Crippen LogP) is 1.90. The van der Waals surface area contributed by atoms with Crippen LogP contribution in [-0.4, -0.2) is 26.0 Å². The van der Waals surface area contributed by atoms with Gasteiger partial charge < -0.3 is 5.11 Å². The number of hydrogen-bond donors (Lipinski definition) is 2. The second-order valence-electron chi connectivity index (χ2n) is 4.42. The van der Waals surface area contributed by atoms with Crippen LogP contribution in [0.4, 0.5) is 0 Å². The van der Waals surface area contributed by atoms with E-state index in [2.05, 4.69) is 4.72 Å². The minimum absolute atomic E-state index is 0.145. The lowest BCUT2D eigenvalue weighted by Crippen LogP contribution is -2.25. The van der Waals surface area contributed by atoms with Crippen molar-refractivity contribution in [2.24, 2.45) is 0 Å². The van der Waals surface area contributed by atoms with Crippen molar-refractivity contribution in [1.29, 1.82) is 0 Å². The van der Waals surface area contributed by atoms with Crippen molar-refractivity contribution < 1.29 is 18.3 Å². The average molecular weight is 325 g/mol. The number of nitrogens with one attached hydrogen (secondary N) is 1. The molecule has 0 amide bonds. The Morgan fingerprint density at radius 1 is 1.14 bits per heavy atom. The molecular weight excluding hydrogens is 310 g/mol. The summed E-state index contributed by atoms with van der Waals surface area (Å²) < 4.78 is 26.8. The SMILES string of the molecule is O=C(O)Cc1ccc(S(=O)(=O)NCCc2ccccc2)s1. The summed E-state index contributed by atoms with van der Waals surface area (Å²) in [5.74, 6) is -0.974. The van der Waals surface area contributed by atoms with E-state index < -0.39 is 16.0 Å². The minimum atomic E-state index is -3.57.